The van der Waals surface area contributed by atoms with E-state index in [0.717, 1.165) is 31.9 Å². The van der Waals surface area contributed by atoms with Gasteiger partial charge < -0.3 is 10.8 Å². The van der Waals surface area contributed by atoms with E-state index < -0.39 is 6.10 Å². The van der Waals surface area contributed by atoms with Crippen LogP contribution < -0.4 is 5.73 Å². The first-order chi connectivity index (χ1) is 14.6. The fourth-order valence-electron chi connectivity index (χ4n) is 6.42. The summed E-state index contributed by atoms with van der Waals surface area (Å²) in [6.45, 7) is 3.44. The van der Waals surface area contributed by atoms with Gasteiger partial charge in [-0.1, -0.05) is 72.8 Å². The van der Waals surface area contributed by atoms with E-state index in [1.165, 1.54) is 16.7 Å². The number of aliphatic hydroxyl groups is 1. The molecule has 3 aromatic carbocycles. The Hall–Kier alpha value is -2.66. The van der Waals surface area contributed by atoms with Gasteiger partial charge in [0.05, 0.1) is 12.3 Å². The second kappa shape index (κ2) is 6.42. The zero-order chi connectivity index (χ0) is 20.3. The van der Waals surface area contributed by atoms with E-state index in [1.807, 2.05) is 12.1 Å². The topological polar surface area (TPSA) is 52.7 Å². The molecule has 4 heteroatoms. The zero-order valence-corrected chi connectivity index (χ0v) is 17.0. The van der Waals surface area contributed by atoms with Crippen molar-refractivity contribution in [2.45, 2.75) is 23.1 Å². The molecular weight excluding hydrogens is 370 g/mol. The Morgan fingerprint density at radius 1 is 0.667 bits per heavy atom. The van der Waals surface area contributed by atoms with Gasteiger partial charge in [0.25, 0.3) is 0 Å². The molecule has 0 radical (unpaired) electrons. The minimum atomic E-state index is -0.422. The van der Waals surface area contributed by atoms with Crippen LogP contribution >= 0.6 is 0 Å². The van der Waals surface area contributed by atoms with Crippen LogP contribution in [-0.2, 0) is 10.8 Å². The van der Waals surface area contributed by atoms with Crippen LogP contribution in [0.1, 0.15) is 22.9 Å². The third kappa shape index (κ3) is 2.38. The van der Waals surface area contributed by atoms with Gasteiger partial charge in [0.1, 0.15) is 0 Å². The fourth-order valence-corrected chi connectivity index (χ4v) is 6.42. The molecule has 0 unspecified atom stereocenters. The minimum Gasteiger partial charge on any atom is -0.399 e. The lowest BCUT2D eigenvalue weighted by Crippen LogP contribution is -2.81. The summed E-state index contributed by atoms with van der Waals surface area (Å²) in [5, 5.41) is 12.0. The summed E-state index contributed by atoms with van der Waals surface area (Å²) in [4.78, 5) is 5.15. The van der Waals surface area contributed by atoms with Gasteiger partial charge in [-0.25, -0.2) is 0 Å². The Kier molecular flexibility index (Phi) is 3.88. The molecule has 3 aromatic rings. The lowest BCUT2D eigenvalue weighted by Gasteiger charge is -2.69. The smallest absolute Gasteiger partial charge is 0.0887 e. The molecule has 4 fully saturated rings. The molecule has 152 valence electrons. The third-order valence-electron chi connectivity index (χ3n) is 7.61. The SMILES string of the molecule is Nc1ccc(C2N3CC4(c5ccccc5)CN2CC(c2ccccc2)(C3)C4O)cc1. The molecule has 4 saturated heterocycles. The van der Waals surface area contributed by atoms with Crippen molar-refractivity contribution in [1.29, 1.82) is 0 Å². The molecule has 4 aliphatic heterocycles. The Morgan fingerprint density at radius 2 is 1.10 bits per heavy atom. The summed E-state index contributed by atoms with van der Waals surface area (Å²) in [6.07, 6.45) is -0.193. The van der Waals surface area contributed by atoms with Crippen molar-refractivity contribution < 1.29 is 5.11 Å². The Morgan fingerprint density at radius 3 is 1.53 bits per heavy atom. The second-order valence-electron chi connectivity index (χ2n) is 9.30. The first kappa shape index (κ1) is 18.1. The molecule has 4 aliphatic rings. The van der Waals surface area contributed by atoms with Gasteiger partial charge >= 0.3 is 0 Å². The van der Waals surface area contributed by atoms with E-state index in [2.05, 4.69) is 82.6 Å². The molecule has 0 saturated carbocycles. The van der Waals surface area contributed by atoms with Gasteiger partial charge in [-0.2, -0.15) is 0 Å². The summed E-state index contributed by atoms with van der Waals surface area (Å²) in [6, 6.07) is 29.6. The number of nitrogens with two attached hydrogens (primary N) is 1. The Bertz CT molecular complexity index is 975. The zero-order valence-electron chi connectivity index (χ0n) is 17.0. The van der Waals surface area contributed by atoms with E-state index in [1.54, 1.807) is 0 Å². The number of nitrogen functional groups attached to an aromatic ring is 1. The first-order valence-electron chi connectivity index (χ1n) is 10.8. The highest BCUT2D eigenvalue weighted by molar-refractivity contribution is 5.45. The molecule has 30 heavy (non-hydrogen) atoms. The number of anilines is 1. The number of benzene rings is 3. The van der Waals surface area contributed by atoms with Crippen LogP contribution in [-0.4, -0.2) is 47.2 Å². The number of hydrogen-bond acceptors (Lipinski definition) is 4. The van der Waals surface area contributed by atoms with Crippen LogP contribution in [0.5, 0.6) is 0 Å². The van der Waals surface area contributed by atoms with Crippen LogP contribution in [0.25, 0.3) is 0 Å². The molecule has 0 amide bonds. The maximum atomic E-state index is 12.0. The summed E-state index contributed by atoms with van der Waals surface area (Å²) in [5.41, 5.74) is 9.92. The third-order valence-corrected chi connectivity index (χ3v) is 7.61. The Labute approximate surface area is 177 Å². The first-order valence-corrected chi connectivity index (χ1v) is 10.8. The Balaban J connectivity index is 1.50. The maximum absolute atomic E-state index is 12.0. The molecule has 4 nitrogen and oxygen atoms in total. The minimum absolute atomic E-state index is 0.228. The molecule has 4 bridgehead atoms. The summed E-state index contributed by atoms with van der Waals surface area (Å²) in [5.74, 6) is 0. The van der Waals surface area contributed by atoms with Crippen molar-refractivity contribution in [2.24, 2.45) is 0 Å². The fraction of sp³-hybridized carbons (Fsp3) is 0.308. The van der Waals surface area contributed by atoms with E-state index in [4.69, 9.17) is 5.73 Å². The highest BCUT2D eigenvalue weighted by Crippen LogP contribution is 2.56. The second-order valence-corrected chi connectivity index (χ2v) is 9.30. The number of nitrogens with zero attached hydrogens (tertiary/aromatic N) is 2. The summed E-state index contributed by atoms with van der Waals surface area (Å²) in [7, 11) is 0. The predicted molar refractivity (Wildman–Crippen MR) is 119 cm³/mol. The molecule has 4 heterocycles. The molecule has 0 spiro atoms. The number of hydrogen-bond donors (Lipinski definition) is 2. The highest BCUT2D eigenvalue weighted by atomic mass is 16.3. The normalized spacial score (nSPS) is 36.7. The average molecular weight is 398 g/mol. The molecule has 0 aromatic heterocycles. The predicted octanol–water partition coefficient (Wildman–Crippen LogP) is 3.15. The monoisotopic (exact) mass is 397 g/mol. The average Bonchev–Trinajstić information content (AvgIpc) is 2.78. The van der Waals surface area contributed by atoms with Gasteiger partial charge in [-0.3, -0.25) is 9.80 Å². The van der Waals surface area contributed by atoms with Crippen molar-refractivity contribution in [1.82, 2.24) is 9.80 Å². The summed E-state index contributed by atoms with van der Waals surface area (Å²) < 4.78 is 0. The van der Waals surface area contributed by atoms with Crippen LogP contribution in [0.4, 0.5) is 5.69 Å². The van der Waals surface area contributed by atoms with E-state index >= 15 is 0 Å². The lowest BCUT2D eigenvalue weighted by atomic mass is 9.54. The molecule has 0 atom stereocenters. The number of piperidine rings is 2. The molecular formula is C26H27N3O. The maximum Gasteiger partial charge on any atom is 0.0887 e. The van der Waals surface area contributed by atoms with E-state index in [0.29, 0.717) is 0 Å². The van der Waals surface area contributed by atoms with Crippen molar-refractivity contribution in [3.63, 3.8) is 0 Å². The quantitative estimate of drug-likeness (QED) is 0.667. The van der Waals surface area contributed by atoms with Crippen LogP contribution in [0.15, 0.2) is 84.9 Å². The van der Waals surface area contributed by atoms with Crippen LogP contribution in [0.3, 0.4) is 0 Å². The van der Waals surface area contributed by atoms with Gasteiger partial charge in [0.15, 0.2) is 0 Å². The molecule has 3 N–H and O–H groups in total. The standard InChI is InChI=1S/C26H27N3O/c27-22-13-11-19(12-14-22)23-28-15-25(20-7-3-1-4-8-20)16-29(23)18-26(17-28,24(25)30)21-9-5-2-6-10-21/h1-14,23-24,30H,15-18,27H2. The van der Waals surface area contributed by atoms with Crippen LogP contribution in [0.2, 0.25) is 0 Å². The van der Waals surface area contributed by atoms with Crippen LogP contribution in [0, 0.1) is 0 Å². The van der Waals surface area contributed by atoms with Crippen molar-refractivity contribution >= 4 is 5.69 Å². The number of rotatable bonds is 3. The van der Waals surface area contributed by atoms with Gasteiger partial charge in [-0.05, 0) is 28.8 Å². The van der Waals surface area contributed by atoms with E-state index in [9.17, 15) is 5.11 Å². The van der Waals surface area contributed by atoms with Gasteiger partial charge in [0.2, 0.25) is 0 Å². The molecule has 0 aliphatic carbocycles. The van der Waals surface area contributed by atoms with Crippen molar-refractivity contribution in [3.8, 4) is 0 Å². The summed E-state index contributed by atoms with van der Waals surface area (Å²) >= 11 is 0. The highest BCUT2D eigenvalue weighted by Gasteiger charge is 2.66. The van der Waals surface area contributed by atoms with Crippen molar-refractivity contribution in [2.75, 3.05) is 31.9 Å². The largest absolute Gasteiger partial charge is 0.399 e. The van der Waals surface area contributed by atoms with Gasteiger partial charge in [0, 0.05) is 42.7 Å². The van der Waals surface area contributed by atoms with E-state index in [-0.39, 0.29) is 17.0 Å². The van der Waals surface area contributed by atoms with Gasteiger partial charge in [-0.15, -0.1) is 0 Å². The molecule has 7 rings (SSSR count). The number of aliphatic hydroxyl groups excluding tert-OH is 1. The lowest BCUT2D eigenvalue weighted by molar-refractivity contribution is -0.209. The van der Waals surface area contributed by atoms with Crippen molar-refractivity contribution in [3.05, 3.63) is 102 Å².